The highest BCUT2D eigenvalue weighted by atomic mass is 79.9. The van der Waals surface area contributed by atoms with Gasteiger partial charge in [0.2, 0.25) is 0 Å². The summed E-state index contributed by atoms with van der Waals surface area (Å²) in [6.07, 6.45) is 0. The van der Waals surface area contributed by atoms with Crippen LogP contribution in [0.1, 0.15) is 5.56 Å². The third-order valence-electron chi connectivity index (χ3n) is 2.24. The van der Waals surface area contributed by atoms with Crippen molar-refractivity contribution in [3.05, 3.63) is 58.3 Å². The number of ether oxygens (including phenoxy) is 1. The maximum atomic E-state index is 13.0. The fraction of sp³-hybridized carbons (Fsp3) is 0. The van der Waals surface area contributed by atoms with E-state index < -0.39 is 0 Å². The van der Waals surface area contributed by atoms with Crippen LogP contribution >= 0.6 is 28.1 Å². The average Bonchev–Trinajstić information content (AvgIpc) is 2.31. The van der Waals surface area contributed by atoms with Gasteiger partial charge in [0.05, 0.1) is 4.47 Å². The first-order valence-corrected chi connectivity index (χ1v) is 6.29. The van der Waals surface area contributed by atoms with Crippen molar-refractivity contribution in [2.24, 2.45) is 5.73 Å². The molecule has 0 unspecified atom stereocenters. The quantitative estimate of drug-likeness (QED) is 0.866. The highest BCUT2D eigenvalue weighted by molar-refractivity contribution is 9.10. The van der Waals surface area contributed by atoms with Crippen molar-refractivity contribution >= 4 is 33.1 Å². The van der Waals surface area contributed by atoms with Crippen molar-refractivity contribution < 1.29 is 9.13 Å². The van der Waals surface area contributed by atoms with Gasteiger partial charge >= 0.3 is 0 Å². The highest BCUT2D eigenvalue weighted by Crippen LogP contribution is 2.30. The van der Waals surface area contributed by atoms with Crippen molar-refractivity contribution in [2.75, 3.05) is 0 Å². The molecule has 0 aromatic heterocycles. The lowest BCUT2D eigenvalue weighted by atomic mass is 10.2. The van der Waals surface area contributed by atoms with E-state index in [0.717, 1.165) is 5.56 Å². The van der Waals surface area contributed by atoms with E-state index in [0.29, 0.717) is 21.0 Å². The molecule has 5 heteroatoms. The van der Waals surface area contributed by atoms with Gasteiger partial charge in [-0.25, -0.2) is 4.39 Å². The minimum Gasteiger partial charge on any atom is -0.456 e. The third kappa shape index (κ3) is 3.05. The number of rotatable bonds is 3. The van der Waals surface area contributed by atoms with E-state index in [1.807, 2.05) is 0 Å². The lowest BCUT2D eigenvalue weighted by Crippen LogP contribution is -2.08. The van der Waals surface area contributed by atoms with Crippen LogP contribution in [0.2, 0.25) is 0 Å². The molecule has 2 aromatic rings. The maximum Gasteiger partial charge on any atom is 0.141 e. The van der Waals surface area contributed by atoms with Crippen LogP contribution in [0.4, 0.5) is 4.39 Å². The summed E-state index contributed by atoms with van der Waals surface area (Å²) in [6.45, 7) is 0. The molecule has 0 atom stereocenters. The van der Waals surface area contributed by atoms with Gasteiger partial charge in [-0.3, -0.25) is 0 Å². The molecule has 18 heavy (non-hydrogen) atoms. The Morgan fingerprint density at radius 2 is 2.00 bits per heavy atom. The summed E-state index contributed by atoms with van der Waals surface area (Å²) in [5.74, 6) is 0.655. The van der Waals surface area contributed by atoms with Crippen LogP contribution < -0.4 is 10.5 Å². The summed E-state index contributed by atoms with van der Waals surface area (Å²) in [7, 11) is 0. The summed E-state index contributed by atoms with van der Waals surface area (Å²) in [6, 6.07) is 11.2. The van der Waals surface area contributed by atoms with E-state index in [2.05, 4.69) is 15.9 Å². The topological polar surface area (TPSA) is 35.2 Å². The summed E-state index contributed by atoms with van der Waals surface area (Å²) in [4.78, 5) is 0.313. The predicted octanol–water partition coefficient (Wildman–Crippen LogP) is 4.01. The van der Waals surface area contributed by atoms with E-state index >= 15 is 0 Å². The van der Waals surface area contributed by atoms with Crippen molar-refractivity contribution in [3.63, 3.8) is 0 Å². The van der Waals surface area contributed by atoms with E-state index in [1.165, 1.54) is 12.1 Å². The van der Waals surface area contributed by atoms with E-state index in [9.17, 15) is 4.39 Å². The minimum absolute atomic E-state index is 0.313. The van der Waals surface area contributed by atoms with E-state index in [4.69, 9.17) is 22.7 Å². The Kier molecular flexibility index (Phi) is 3.93. The lowest BCUT2D eigenvalue weighted by molar-refractivity contribution is 0.474. The zero-order chi connectivity index (χ0) is 13.1. The van der Waals surface area contributed by atoms with E-state index in [-0.39, 0.29) is 5.82 Å². The largest absolute Gasteiger partial charge is 0.456 e. The van der Waals surface area contributed by atoms with Crippen molar-refractivity contribution in [1.29, 1.82) is 0 Å². The average molecular weight is 326 g/mol. The highest BCUT2D eigenvalue weighted by Gasteiger charge is 2.06. The molecular weight excluding hydrogens is 317 g/mol. The second kappa shape index (κ2) is 5.46. The molecule has 2 rings (SSSR count). The standard InChI is InChI=1S/C13H9BrFNOS/c14-11-6-8(13(16)18)4-5-12(11)17-10-3-1-2-9(15)7-10/h1-7H,(H2,16,18). The van der Waals surface area contributed by atoms with Crippen LogP contribution in [0.15, 0.2) is 46.9 Å². The van der Waals surface area contributed by atoms with Gasteiger partial charge in [-0.05, 0) is 46.3 Å². The van der Waals surface area contributed by atoms with Crippen molar-refractivity contribution in [1.82, 2.24) is 0 Å². The number of hydrogen-bond acceptors (Lipinski definition) is 2. The second-order valence-electron chi connectivity index (χ2n) is 3.57. The first-order chi connectivity index (χ1) is 8.56. The minimum atomic E-state index is -0.344. The third-order valence-corrected chi connectivity index (χ3v) is 3.10. The van der Waals surface area contributed by atoms with Gasteiger partial charge in [-0.2, -0.15) is 0 Å². The van der Waals surface area contributed by atoms with Crippen molar-refractivity contribution in [2.45, 2.75) is 0 Å². The van der Waals surface area contributed by atoms with Gasteiger partial charge in [0, 0.05) is 11.6 Å². The first-order valence-electron chi connectivity index (χ1n) is 5.09. The van der Waals surface area contributed by atoms with Gasteiger partial charge in [0.15, 0.2) is 0 Å². The molecule has 0 heterocycles. The van der Waals surface area contributed by atoms with Crippen LogP contribution in [-0.2, 0) is 0 Å². The predicted molar refractivity (Wildman–Crippen MR) is 76.5 cm³/mol. The summed E-state index contributed by atoms with van der Waals surface area (Å²) in [5, 5.41) is 0. The molecule has 92 valence electrons. The first kappa shape index (κ1) is 13.0. The van der Waals surface area contributed by atoms with Gasteiger partial charge in [0.25, 0.3) is 0 Å². The molecule has 0 bridgehead atoms. The Labute approximate surface area is 118 Å². The van der Waals surface area contributed by atoms with Gasteiger partial charge in [0.1, 0.15) is 22.3 Å². The maximum absolute atomic E-state index is 13.0. The van der Waals surface area contributed by atoms with Gasteiger partial charge in [-0.1, -0.05) is 18.3 Å². The number of nitrogens with two attached hydrogens (primary N) is 1. The van der Waals surface area contributed by atoms with Crippen LogP contribution in [0.3, 0.4) is 0 Å². The molecule has 2 N–H and O–H groups in total. The Morgan fingerprint density at radius 3 is 2.61 bits per heavy atom. The van der Waals surface area contributed by atoms with Gasteiger partial charge < -0.3 is 10.5 Å². The van der Waals surface area contributed by atoms with Crippen LogP contribution in [0, 0.1) is 5.82 Å². The molecule has 0 saturated carbocycles. The zero-order valence-corrected chi connectivity index (χ0v) is 11.6. The molecule has 0 radical (unpaired) electrons. The number of hydrogen-bond donors (Lipinski definition) is 1. The number of benzene rings is 2. The monoisotopic (exact) mass is 325 g/mol. The molecular formula is C13H9BrFNOS. The molecule has 2 aromatic carbocycles. The Balaban J connectivity index is 2.27. The zero-order valence-electron chi connectivity index (χ0n) is 9.19. The SMILES string of the molecule is NC(=S)c1ccc(Oc2cccc(F)c2)c(Br)c1. The molecule has 0 saturated heterocycles. The van der Waals surface area contributed by atoms with Crippen LogP contribution in [0.25, 0.3) is 0 Å². The van der Waals surface area contributed by atoms with Crippen LogP contribution in [-0.4, -0.2) is 4.99 Å². The van der Waals surface area contributed by atoms with E-state index in [1.54, 1.807) is 30.3 Å². The normalized spacial score (nSPS) is 10.1. The van der Waals surface area contributed by atoms with Gasteiger partial charge in [-0.15, -0.1) is 0 Å². The molecule has 0 aliphatic carbocycles. The van der Waals surface area contributed by atoms with Crippen LogP contribution in [0.5, 0.6) is 11.5 Å². The second-order valence-corrected chi connectivity index (χ2v) is 4.86. The Morgan fingerprint density at radius 1 is 1.22 bits per heavy atom. The summed E-state index contributed by atoms with van der Waals surface area (Å²) in [5.41, 5.74) is 6.26. The molecule has 0 aliphatic rings. The lowest BCUT2D eigenvalue weighted by Gasteiger charge is -2.09. The fourth-order valence-corrected chi connectivity index (χ4v) is 1.98. The molecule has 0 fully saturated rings. The summed E-state index contributed by atoms with van der Waals surface area (Å²) < 4.78 is 19.3. The molecule has 0 amide bonds. The van der Waals surface area contributed by atoms with Crippen molar-refractivity contribution in [3.8, 4) is 11.5 Å². The number of thiocarbonyl (C=S) groups is 1. The Bertz CT molecular complexity index is 603. The smallest absolute Gasteiger partial charge is 0.141 e. The molecule has 0 aliphatic heterocycles. The Hall–Kier alpha value is -1.46. The molecule has 2 nitrogen and oxygen atoms in total. The summed E-state index contributed by atoms with van der Waals surface area (Å²) >= 11 is 8.24. The number of halogens is 2. The molecule has 0 spiro atoms. The fourth-order valence-electron chi connectivity index (χ4n) is 1.39.